The lowest BCUT2D eigenvalue weighted by atomic mass is 10.1. The summed E-state index contributed by atoms with van der Waals surface area (Å²) >= 11 is 3.40. The van der Waals surface area contributed by atoms with Crippen molar-refractivity contribution >= 4 is 15.9 Å². The van der Waals surface area contributed by atoms with Crippen molar-refractivity contribution in [2.75, 3.05) is 6.54 Å². The maximum atomic E-state index is 9.51. The molecule has 0 saturated carbocycles. The number of hydrogen-bond donors (Lipinski definition) is 2. The van der Waals surface area contributed by atoms with Crippen molar-refractivity contribution in [3.05, 3.63) is 34.3 Å². The van der Waals surface area contributed by atoms with E-state index in [0.717, 1.165) is 24.0 Å². The first-order valence-corrected chi connectivity index (χ1v) is 5.94. The molecule has 3 heteroatoms. The van der Waals surface area contributed by atoms with Crippen LogP contribution in [0.5, 0.6) is 0 Å². The van der Waals surface area contributed by atoms with Crippen LogP contribution >= 0.6 is 15.9 Å². The van der Waals surface area contributed by atoms with Gasteiger partial charge < -0.3 is 10.4 Å². The van der Waals surface area contributed by atoms with Crippen molar-refractivity contribution in [3.63, 3.8) is 0 Å². The lowest BCUT2D eigenvalue weighted by Gasteiger charge is -2.16. The van der Waals surface area contributed by atoms with Crippen molar-refractivity contribution in [2.24, 2.45) is 0 Å². The molecule has 2 N–H and O–H groups in total. The molecule has 0 aliphatic rings. The van der Waals surface area contributed by atoms with Crippen molar-refractivity contribution in [2.45, 2.75) is 32.4 Å². The number of hydrogen-bond acceptors (Lipinski definition) is 2. The van der Waals surface area contributed by atoms with E-state index in [1.165, 1.54) is 5.56 Å². The lowest BCUT2D eigenvalue weighted by molar-refractivity contribution is 0.0711. The summed E-state index contributed by atoms with van der Waals surface area (Å²) in [5.74, 6) is 0. The first-order valence-electron chi connectivity index (χ1n) is 5.15. The van der Waals surface area contributed by atoms with Crippen molar-refractivity contribution in [1.29, 1.82) is 0 Å². The van der Waals surface area contributed by atoms with Crippen LogP contribution in [0, 0.1) is 0 Å². The topological polar surface area (TPSA) is 32.3 Å². The summed E-state index contributed by atoms with van der Waals surface area (Å²) in [4.78, 5) is 0. The Morgan fingerprint density at radius 2 is 1.87 bits per heavy atom. The normalized spacial score (nSPS) is 11.7. The van der Waals surface area contributed by atoms with Crippen LogP contribution in [-0.2, 0) is 6.54 Å². The molecule has 15 heavy (non-hydrogen) atoms. The zero-order valence-electron chi connectivity index (χ0n) is 9.26. The molecule has 0 amide bonds. The van der Waals surface area contributed by atoms with Gasteiger partial charge in [0.15, 0.2) is 0 Å². The predicted molar refractivity (Wildman–Crippen MR) is 66.8 cm³/mol. The number of benzene rings is 1. The molecule has 0 spiro atoms. The van der Waals surface area contributed by atoms with Gasteiger partial charge in [0, 0.05) is 11.0 Å². The van der Waals surface area contributed by atoms with Gasteiger partial charge in [-0.3, -0.25) is 0 Å². The van der Waals surface area contributed by atoms with Crippen LogP contribution < -0.4 is 5.32 Å². The molecule has 0 heterocycles. The Labute approximate surface area is 99.8 Å². The average Bonchev–Trinajstić information content (AvgIpc) is 2.14. The fourth-order valence-corrected chi connectivity index (χ4v) is 1.49. The third-order valence-electron chi connectivity index (χ3n) is 2.16. The number of nitrogens with one attached hydrogen (secondary N) is 1. The van der Waals surface area contributed by atoms with E-state index < -0.39 is 5.60 Å². The van der Waals surface area contributed by atoms with Crippen LogP contribution in [0.1, 0.15) is 25.8 Å². The number of halogens is 1. The van der Waals surface area contributed by atoms with Gasteiger partial charge in [-0.15, -0.1) is 0 Å². The van der Waals surface area contributed by atoms with Gasteiger partial charge in [0.05, 0.1) is 5.60 Å². The van der Waals surface area contributed by atoms with Gasteiger partial charge in [0.25, 0.3) is 0 Å². The lowest BCUT2D eigenvalue weighted by Crippen LogP contribution is -2.26. The zero-order valence-corrected chi connectivity index (χ0v) is 10.8. The standard InChI is InChI=1S/C12H18BrNO/c1-12(2,15)7-8-14-9-10-3-5-11(13)6-4-10/h3-6,14-15H,7-9H2,1-2H3. The molecule has 0 aliphatic carbocycles. The molecule has 0 unspecified atom stereocenters. The summed E-state index contributed by atoms with van der Waals surface area (Å²) in [6.07, 6.45) is 0.767. The van der Waals surface area contributed by atoms with Gasteiger partial charge >= 0.3 is 0 Å². The minimum absolute atomic E-state index is 0.577. The monoisotopic (exact) mass is 271 g/mol. The van der Waals surface area contributed by atoms with E-state index >= 15 is 0 Å². The number of aliphatic hydroxyl groups is 1. The summed E-state index contributed by atoms with van der Waals surface area (Å²) in [7, 11) is 0. The quantitative estimate of drug-likeness (QED) is 0.808. The van der Waals surface area contributed by atoms with E-state index in [0.29, 0.717) is 0 Å². The largest absolute Gasteiger partial charge is 0.390 e. The highest BCUT2D eigenvalue weighted by Gasteiger charge is 2.10. The minimum Gasteiger partial charge on any atom is -0.390 e. The average molecular weight is 272 g/mol. The van der Waals surface area contributed by atoms with Gasteiger partial charge in [-0.2, -0.15) is 0 Å². The molecule has 1 aromatic rings. The van der Waals surface area contributed by atoms with E-state index in [9.17, 15) is 5.11 Å². The highest BCUT2D eigenvalue weighted by Crippen LogP contribution is 2.10. The summed E-state index contributed by atoms with van der Waals surface area (Å²) in [5, 5.41) is 12.8. The fourth-order valence-electron chi connectivity index (χ4n) is 1.23. The fraction of sp³-hybridized carbons (Fsp3) is 0.500. The van der Waals surface area contributed by atoms with Gasteiger partial charge in [0.1, 0.15) is 0 Å². The van der Waals surface area contributed by atoms with Crippen LogP contribution in [-0.4, -0.2) is 17.3 Å². The van der Waals surface area contributed by atoms with Crippen LogP contribution in [0.25, 0.3) is 0 Å². The third kappa shape index (κ3) is 5.92. The Morgan fingerprint density at radius 3 is 2.40 bits per heavy atom. The second kappa shape index (κ2) is 5.64. The van der Waals surface area contributed by atoms with E-state index in [1.807, 2.05) is 26.0 Å². The highest BCUT2D eigenvalue weighted by atomic mass is 79.9. The SMILES string of the molecule is CC(C)(O)CCNCc1ccc(Br)cc1. The molecule has 0 aliphatic heterocycles. The smallest absolute Gasteiger partial charge is 0.0603 e. The number of rotatable bonds is 5. The zero-order chi connectivity index (χ0) is 11.3. The molecule has 0 fully saturated rings. The maximum absolute atomic E-state index is 9.51. The summed E-state index contributed by atoms with van der Waals surface area (Å²) in [6.45, 7) is 5.34. The van der Waals surface area contributed by atoms with Gasteiger partial charge in [-0.1, -0.05) is 28.1 Å². The maximum Gasteiger partial charge on any atom is 0.0603 e. The van der Waals surface area contributed by atoms with Gasteiger partial charge in [-0.05, 0) is 44.5 Å². The summed E-state index contributed by atoms with van der Waals surface area (Å²) in [6, 6.07) is 8.24. The molecular weight excluding hydrogens is 254 g/mol. The summed E-state index contributed by atoms with van der Waals surface area (Å²) in [5.41, 5.74) is 0.682. The van der Waals surface area contributed by atoms with Crippen molar-refractivity contribution < 1.29 is 5.11 Å². The van der Waals surface area contributed by atoms with Gasteiger partial charge in [-0.25, -0.2) is 0 Å². The Hall–Kier alpha value is -0.380. The molecule has 0 aromatic heterocycles. The second-order valence-corrected chi connectivity index (χ2v) is 5.28. The molecule has 84 valence electrons. The van der Waals surface area contributed by atoms with E-state index in [2.05, 4.69) is 33.4 Å². The Bertz CT molecular complexity index is 289. The van der Waals surface area contributed by atoms with E-state index in [4.69, 9.17) is 0 Å². The van der Waals surface area contributed by atoms with Gasteiger partial charge in [0.2, 0.25) is 0 Å². The Kier molecular flexibility index (Phi) is 4.77. The first-order chi connectivity index (χ1) is 6.97. The molecule has 0 saturated heterocycles. The summed E-state index contributed by atoms with van der Waals surface area (Å²) < 4.78 is 1.10. The molecule has 0 radical (unpaired) electrons. The van der Waals surface area contributed by atoms with E-state index in [-0.39, 0.29) is 0 Å². The Morgan fingerprint density at radius 1 is 1.27 bits per heavy atom. The van der Waals surface area contributed by atoms with Crippen LogP contribution in [0.4, 0.5) is 0 Å². The minimum atomic E-state index is -0.577. The van der Waals surface area contributed by atoms with Crippen molar-refractivity contribution in [3.8, 4) is 0 Å². The van der Waals surface area contributed by atoms with E-state index in [1.54, 1.807) is 0 Å². The third-order valence-corrected chi connectivity index (χ3v) is 2.68. The van der Waals surface area contributed by atoms with Crippen LogP contribution in [0.2, 0.25) is 0 Å². The predicted octanol–water partition coefficient (Wildman–Crippen LogP) is 2.70. The molecule has 1 aromatic carbocycles. The highest BCUT2D eigenvalue weighted by molar-refractivity contribution is 9.10. The van der Waals surface area contributed by atoms with Crippen LogP contribution in [0.15, 0.2) is 28.7 Å². The van der Waals surface area contributed by atoms with Crippen molar-refractivity contribution in [1.82, 2.24) is 5.32 Å². The molecule has 2 nitrogen and oxygen atoms in total. The molecule has 1 rings (SSSR count). The first kappa shape index (κ1) is 12.7. The molecular formula is C12H18BrNO. The van der Waals surface area contributed by atoms with Crippen LogP contribution in [0.3, 0.4) is 0 Å². The Balaban J connectivity index is 2.23. The molecule has 0 atom stereocenters. The second-order valence-electron chi connectivity index (χ2n) is 4.37. The molecule has 0 bridgehead atoms.